The number of rotatable bonds is 3. The van der Waals surface area contributed by atoms with Crippen molar-refractivity contribution in [2.45, 2.75) is 11.1 Å². The van der Waals surface area contributed by atoms with Crippen molar-refractivity contribution in [3.63, 3.8) is 0 Å². The Balaban J connectivity index is 2.37. The van der Waals surface area contributed by atoms with Crippen molar-refractivity contribution in [1.82, 2.24) is 4.98 Å². The summed E-state index contributed by atoms with van der Waals surface area (Å²) in [5, 5.41) is -0.394. The van der Waals surface area contributed by atoms with E-state index in [1.807, 2.05) is 4.72 Å². The van der Waals surface area contributed by atoms with Crippen LogP contribution in [0.1, 0.15) is 5.56 Å². The average Bonchev–Trinajstić information content (AvgIpc) is 2.36. The molecule has 4 nitrogen and oxygen atoms in total. The summed E-state index contributed by atoms with van der Waals surface area (Å²) in [6.07, 6.45) is -4.58. The fourth-order valence-corrected chi connectivity index (χ4v) is 3.28. The predicted molar refractivity (Wildman–Crippen MR) is 76.5 cm³/mol. The maximum atomic E-state index is 12.6. The molecule has 0 unspecified atom stereocenters. The molecule has 0 radical (unpaired) electrons. The van der Waals surface area contributed by atoms with Crippen LogP contribution in [-0.2, 0) is 16.2 Å². The largest absolute Gasteiger partial charge is 0.416 e. The van der Waals surface area contributed by atoms with Gasteiger partial charge < -0.3 is 0 Å². The van der Waals surface area contributed by atoms with Gasteiger partial charge in [0, 0.05) is 5.69 Å². The molecule has 0 aliphatic carbocycles. The number of aromatic nitrogens is 1. The number of anilines is 1. The van der Waals surface area contributed by atoms with Gasteiger partial charge in [-0.1, -0.05) is 29.3 Å². The molecule has 0 bridgehead atoms. The van der Waals surface area contributed by atoms with Gasteiger partial charge in [-0.3, -0.25) is 4.72 Å². The summed E-state index contributed by atoms with van der Waals surface area (Å²) in [6.45, 7) is 0. The van der Waals surface area contributed by atoms with Gasteiger partial charge >= 0.3 is 6.18 Å². The highest BCUT2D eigenvalue weighted by Crippen LogP contribution is 2.31. The average molecular weight is 371 g/mol. The van der Waals surface area contributed by atoms with Crippen molar-refractivity contribution < 1.29 is 21.6 Å². The van der Waals surface area contributed by atoms with Gasteiger partial charge in [0.05, 0.1) is 5.56 Å². The van der Waals surface area contributed by atoms with E-state index in [9.17, 15) is 21.6 Å². The zero-order chi connectivity index (χ0) is 16.5. The van der Waals surface area contributed by atoms with Crippen molar-refractivity contribution in [3.8, 4) is 0 Å². The van der Waals surface area contributed by atoms with E-state index in [0.29, 0.717) is 6.07 Å². The van der Waals surface area contributed by atoms with E-state index in [1.54, 1.807) is 0 Å². The van der Waals surface area contributed by atoms with Gasteiger partial charge in [-0.05, 0) is 30.3 Å². The number of sulfonamides is 1. The summed E-state index contributed by atoms with van der Waals surface area (Å²) in [5.74, 6) is 0. The Labute approximate surface area is 133 Å². The molecule has 0 saturated heterocycles. The Morgan fingerprint density at radius 1 is 1.09 bits per heavy atom. The second-order valence-corrected chi connectivity index (χ2v) is 6.50. The number of pyridine rings is 1. The lowest BCUT2D eigenvalue weighted by atomic mass is 10.2. The summed E-state index contributed by atoms with van der Waals surface area (Å²) in [7, 11) is -4.19. The molecule has 0 atom stereocenters. The van der Waals surface area contributed by atoms with Crippen molar-refractivity contribution in [2.75, 3.05) is 4.72 Å². The van der Waals surface area contributed by atoms with Gasteiger partial charge in [0.1, 0.15) is 10.0 Å². The number of nitrogens with zero attached hydrogens (tertiary/aromatic N) is 1. The van der Waals surface area contributed by atoms with E-state index in [4.69, 9.17) is 23.2 Å². The van der Waals surface area contributed by atoms with E-state index in [-0.39, 0.29) is 16.0 Å². The normalized spacial score (nSPS) is 12.2. The molecule has 1 heterocycles. The number of hydrogen-bond acceptors (Lipinski definition) is 3. The van der Waals surface area contributed by atoms with Crippen molar-refractivity contribution in [3.05, 3.63) is 52.3 Å². The van der Waals surface area contributed by atoms with Gasteiger partial charge in [-0.25, -0.2) is 13.4 Å². The van der Waals surface area contributed by atoms with Crippen LogP contribution in [0.5, 0.6) is 0 Å². The van der Waals surface area contributed by atoms with Crippen LogP contribution in [0.2, 0.25) is 10.3 Å². The lowest BCUT2D eigenvalue weighted by Gasteiger charge is -2.11. The van der Waals surface area contributed by atoms with E-state index in [1.165, 1.54) is 12.1 Å². The molecule has 118 valence electrons. The quantitative estimate of drug-likeness (QED) is 0.823. The summed E-state index contributed by atoms with van der Waals surface area (Å²) >= 11 is 11.3. The summed E-state index contributed by atoms with van der Waals surface area (Å²) < 4.78 is 64.1. The summed E-state index contributed by atoms with van der Waals surface area (Å²) in [4.78, 5) is 3.18. The Morgan fingerprint density at radius 3 is 2.36 bits per heavy atom. The zero-order valence-corrected chi connectivity index (χ0v) is 12.9. The first-order valence-corrected chi connectivity index (χ1v) is 7.85. The maximum Gasteiger partial charge on any atom is 0.416 e. The zero-order valence-electron chi connectivity index (χ0n) is 10.5. The first-order chi connectivity index (χ1) is 10.1. The third kappa shape index (κ3) is 3.82. The summed E-state index contributed by atoms with van der Waals surface area (Å²) in [5.41, 5.74) is -1.23. The van der Waals surface area contributed by atoms with Gasteiger partial charge in [-0.2, -0.15) is 13.2 Å². The molecular formula is C12H7Cl2F3N2O2S. The van der Waals surface area contributed by atoms with E-state index >= 15 is 0 Å². The number of nitrogens with one attached hydrogen (secondary N) is 1. The van der Waals surface area contributed by atoms with E-state index in [2.05, 4.69) is 4.98 Å². The van der Waals surface area contributed by atoms with Crippen LogP contribution < -0.4 is 4.72 Å². The fraction of sp³-hybridized carbons (Fsp3) is 0.0833. The molecule has 0 saturated carbocycles. The Hall–Kier alpha value is -1.51. The minimum absolute atomic E-state index is 0.0111. The highest BCUT2D eigenvalue weighted by atomic mass is 35.5. The molecule has 2 aromatic rings. The van der Waals surface area contributed by atoms with Crippen LogP contribution in [0.4, 0.5) is 18.9 Å². The fourth-order valence-electron chi connectivity index (χ4n) is 1.57. The molecule has 1 N–H and O–H groups in total. The molecule has 2 rings (SSSR count). The van der Waals surface area contributed by atoms with E-state index in [0.717, 1.165) is 18.2 Å². The van der Waals surface area contributed by atoms with Crippen LogP contribution in [0.25, 0.3) is 0 Å². The van der Waals surface area contributed by atoms with Crippen LogP contribution in [0, 0.1) is 0 Å². The molecule has 0 aliphatic rings. The lowest BCUT2D eigenvalue weighted by molar-refractivity contribution is -0.137. The Bertz CT molecular complexity index is 810. The second kappa shape index (κ2) is 5.94. The number of alkyl halides is 3. The third-order valence-electron chi connectivity index (χ3n) is 2.51. The molecule has 22 heavy (non-hydrogen) atoms. The monoisotopic (exact) mass is 370 g/mol. The number of hydrogen-bond donors (Lipinski definition) is 1. The van der Waals surface area contributed by atoms with Gasteiger partial charge in [0.15, 0.2) is 5.15 Å². The molecule has 10 heteroatoms. The van der Waals surface area contributed by atoms with Gasteiger partial charge in [0.2, 0.25) is 0 Å². The first kappa shape index (κ1) is 16.9. The Kier molecular flexibility index (Phi) is 4.55. The molecule has 1 aromatic heterocycles. The van der Waals surface area contributed by atoms with Crippen molar-refractivity contribution in [2.24, 2.45) is 0 Å². The molecule has 0 aliphatic heterocycles. The number of benzene rings is 1. The van der Waals surface area contributed by atoms with Crippen LogP contribution in [-0.4, -0.2) is 13.4 Å². The summed E-state index contributed by atoms with van der Waals surface area (Å²) in [6, 6.07) is 6.08. The topological polar surface area (TPSA) is 59.1 Å². The molecule has 1 aromatic carbocycles. The maximum absolute atomic E-state index is 12.6. The van der Waals surface area contributed by atoms with Gasteiger partial charge in [-0.15, -0.1) is 0 Å². The van der Waals surface area contributed by atoms with Crippen LogP contribution in [0.15, 0.2) is 41.3 Å². The Morgan fingerprint density at radius 2 is 1.77 bits per heavy atom. The molecule has 0 fully saturated rings. The smallest absolute Gasteiger partial charge is 0.280 e. The molecule has 0 amide bonds. The first-order valence-electron chi connectivity index (χ1n) is 5.62. The van der Waals surface area contributed by atoms with Crippen LogP contribution >= 0.6 is 23.2 Å². The highest BCUT2D eigenvalue weighted by Gasteiger charge is 2.31. The minimum Gasteiger partial charge on any atom is -0.280 e. The van der Waals surface area contributed by atoms with Crippen LogP contribution in [0.3, 0.4) is 0 Å². The predicted octanol–water partition coefficient (Wildman–Crippen LogP) is 4.21. The third-order valence-corrected chi connectivity index (χ3v) is 4.54. The molecular weight excluding hydrogens is 364 g/mol. The van der Waals surface area contributed by atoms with Gasteiger partial charge in [0.25, 0.3) is 10.0 Å². The standard InChI is InChI=1S/C12H7Cl2F3N2O2S/c13-10-5-4-9(11(14)18-10)22(20,21)19-8-3-1-2-7(6-8)12(15,16)17/h1-6,19H. The van der Waals surface area contributed by atoms with Crippen molar-refractivity contribution >= 4 is 38.9 Å². The second-order valence-electron chi connectivity index (χ2n) is 4.11. The highest BCUT2D eigenvalue weighted by molar-refractivity contribution is 7.92. The lowest BCUT2D eigenvalue weighted by Crippen LogP contribution is -2.15. The minimum atomic E-state index is -4.58. The SMILES string of the molecule is O=S(=O)(Nc1cccc(C(F)(F)F)c1)c1ccc(Cl)nc1Cl. The molecule has 0 spiro atoms. The number of halogens is 5. The van der Waals surface area contributed by atoms with Crippen molar-refractivity contribution in [1.29, 1.82) is 0 Å². The van der Waals surface area contributed by atoms with E-state index < -0.39 is 26.7 Å².